The van der Waals surface area contributed by atoms with Crippen LogP contribution in [0.1, 0.15) is 10.4 Å². The molecule has 0 aliphatic rings. The van der Waals surface area contributed by atoms with Crippen LogP contribution in [0.25, 0.3) is 0 Å². The average Bonchev–Trinajstić information content (AvgIpc) is 2.80. The Kier molecular flexibility index (Phi) is 5.99. The summed E-state index contributed by atoms with van der Waals surface area (Å²) in [4.78, 5) is 24.2. The zero-order valence-corrected chi connectivity index (χ0v) is 16.6. The van der Waals surface area contributed by atoms with E-state index in [9.17, 15) is 4.79 Å². The van der Waals surface area contributed by atoms with Gasteiger partial charge in [-0.25, -0.2) is 0 Å². The van der Waals surface area contributed by atoms with Gasteiger partial charge in [0.1, 0.15) is 6.29 Å². The molecular formula is C23H19N5O3. The van der Waals surface area contributed by atoms with Gasteiger partial charge in [-0.2, -0.15) is 15.0 Å². The number of benzene rings is 3. The molecule has 0 saturated heterocycles. The molecule has 0 unspecified atom stereocenters. The fourth-order valence-corrected chi connectivity index (χ4v) is 2.76. The monoisotopic (exact) mass is 413 g/mol. The normalized spacial score (nSPS) is 10.2. The Morgan fingerprint density at radius 2 is 1.32 bits per heavy atom. The summed E-state index contributed by atoms with van der Waals surface area (Å²) in [5, 5.41) is 6.29. The molecule has 0 saturated carbocycles. The van der Waals surface area contributed by atoms with E-state index in [1.54, 1.807) is 18.2 Å². The van der Waals surface area contributed by atoms with Crippen LogP contribution >= 0.6 is 0 Å². The summed E-state index contributed by atoms with van der Waals surface area (Å²) < 4.78 is 11.2. The number of aromatic nitrogens is 3. The molecule has 0 aliphatic heterocycles. The van der Waals surface area contributed by atoms with Crippen molar-refractivity contribution in [2.75, 3.05) is 17.7 Å². The van der Waals surface area contributed by atoms with Crippen LogP contribution in [-0.2, 0) is 0 Å². The van der Waals surface area contributed by atoms with E-state index in [1.807, 2.05) is 60.7 Å². The van der Waals surface area contributed by atoms with Gasteiger partial charge in [0.25, 0.3) is 0 Å². The van der Waals surface area contributed by atoms with Crippen molar-refractivity contribution >= 4 is 29.6 Å². The van der Waals surface area contributed by atoms with E-state index in [0.717, 1.165) is 17.7 Å². The van der Waals surface area contributed by atoms with Crippen molar-refractivity contribution in [1.82, 2.24) is 15.0 Å². The number of ether oxygens (including phenoxy) is 2. The van der Waals surface area contributed by atoms with Gasteiger partial charge in [0.2, 0.25) is 11.9 Å². The molecule has 3 aromatic carbocycles. The number of hydrogen-bond acceptors (Lipinski definition) is 8. The Morgan fingerprint density at radius 1 is 0.742 bits per heavy atom. The maximum absolute atomic E-state index is 11.0. The molecule has 0 aliphatic carbocycles. The van der Waals surface area contributed by atoms with Gasteiger partial charge < -0.3 is 20.1 Å². The second-order valence-corrected chi connectivity index (χ2v) is 6.38. The predicted octanol–water partition coefficient (Wildman–Crippen LogP) is 4.97. The van der Waals surface area contributed by atoms with Crippen molar-refractivity contribution in [3.8, 4) is 17.5 Å². The maximum Gasteiger partial charge on any atom is 0.328 e. The number of anilines is 4. The van der Waals surface area contributed by atoms with Crippen molar-refractivity contribution < 1.29 is 14.3 Å². The molecule has 0 radical (unpaired) electrons. The molecule has 1 aromatic heterocycles. The Hall–Kier alpha value is -4.46. The van der Waals surface area contributed by atoms with Crippen molar-refractivity contribution in [3.63, 3.8) is 0 Å². The highest BCUT2D eigenvalue weighted by Crippen LogP contribution is 2.31. The Bertz CT molecular complexity index is 1110. The molecule has 4 rings (SSSR count). The Labute approximate surface area is 178 Å². The van der Waals surface area contributed by atoms with E-state index >= 15 is 0 Å². The second-order valence-electron chi connectivity index (χ2n) is 6.38. The second kappa shape index (κ2) is 9.36. The van der Waals surface area contributed by atoms with E-state index in [0.29, 0.717) is 29.0 Å². The molecule has 0 bridgehead atoms. The van der Waals surface area contributed by atoms with Gasteiger partial charge in [-0.1, -0.05) is 36.4 Å². The molecule has 0 spiro atoms. The molecule has 2 N–H and O–H groups in total. The molecule has 31 heavy (non-hydrogen) atoms. The number of aldehydes is 1. The third-order valence-electron chi connectivity index (χ3n) is 4.20. The maximum atomic E-state index is 11.0. The molecule has 4 aromatic rings. The lowest BCUT2D eigenvalue weighted by atomic mass is 10.2. The number of methoxy groups -OCH3 is 1. The zero-order valence-electron chi connectivity index (χ0n) is 16.6. The van der Waals surface area contributed by atoms with E-state index in [2.05, 4.69) is 25.6 Å². The largest absolute Gasteiger partial charge is 0.493 e. The van der Waals surface area contributed by atoms with Crippen molar-refractivity contribution in [3.05, 3.63) is 84.4 Å². The first kappa shape index (κ1) is 19.8. The number of carbonyl (C=O) groups is 1. The van der Waals surface area contributed by atoms with Crippen LogP contribution in [-0.4, -0.2) is 28.3 Å². The molecule has 154 valence electrons. The summed E-state index contributed by atoms with van der Waals surface area (Å²) in [6.07, 6.45) is 0.735. The first-order valence-electron chi connectivity index (χ1n) is 9.45. The van der Waals surface area contributed by atoms with Crippen molar-refractivity contribution in [2.45, 2.75) is 0 Å². The molecule has 0 amide bonds. The van der Waals surface area contributed by atoms with Crippen LogP contribution < -0.4 is 20.1 Å². The third kappa shape index (κ3) is 5.13. The lowest BCUT2D eigenvalue weighted by Crippen LogP contribution is -2.06. The van der Waals surface area contributed by atoms with E-state index in [1.165, 1.54) is 7.11 Å². The summed E-state index contributed by atoms with van der Waals surface area (Å²) in [5.41, 5.74) is 2.11. The predicted molar refractivity (Wildman–Crippen MR) is 118 cm³/mol. The lowest BCUT2D eigenvalue weighted by molar-refractivity contribution is 0.112. The number of rotatable bonds is 8. The molecular weight excluding hydrogens is 394 g/mol. The summed E-state index contributed by atoms with van der Waals surface area (Å²) in [6.45, 7) is 0. The summed E-state index contributed by atoms with van der Waals surface area (Å²) >= 11 is 0. The fourth-order valence-electron chi connectivity index (χ4n) is 2.76. The smallest absolute Gasteiger partial charge is 0.328 e. The standard InChI is InChI=1S/C23H19N5O3/c1-30-20-14-16(15-29)12-13-19(20)31-23-27-21(24-17-8-4-2-5-9-17)26-22(28-23)25-18-10-6-3-7-11-18/h2-15H,1H3,(H2,24,25,26,27,28). The van der Waals surface area contributed by atoms with Gasteiger partial charge in [-0.3, -0.25) is 4.79 Å². The molecule has 0 fully saturated rings. The zero-order chi connectivity index (χ0) is 21.5. The van der Waals surface area contributed by atoms with Gasteiger partial charge in [0, 0.05) is 16.9 Å². The highest BCUT2D eigenvalue weighted by molar-refractivity contribution is 5.76. The number of para-hydroxylation sites is 2. The van der Waals surface area contributed by atoms with E-state index in [-0.39, 0.29) is 6.01 Å². The quantitative estimate of drug-likeness (QED) is 0.391. The summed E-state index contributed by atoms with van der Waals surface area (Å²) in [7, 11) is 1.49. The van der Waals surface area contributed by atoms with E-state index < -0.39 is 0 Å². The minimum absolute atomic E-state index is 0.0593. The van der Waals surface area contributed by atoms with Gasteiger partial charge in [0.05, 0.1) is 7.11 Å². The SMILES string of the molecule is COc1cc(C=O)ccc1Oc1nc(Nc2ccccc2)nc(Nc2ccccc2)n1. The van der Waals surface area contributed by atoms with Gasteiger partial charge >= 0.3 is 6.01 Å². The van der Waals surface area contributed by atoms with Crippen LogP contribution in [0.3, 0.4) is 0 Å². The first-order chi connectivity index (χ1) is 15.2. The number of nitrogens with zero attached hydrogens (tertiary/aromatic N) is 3. The van der Waals surface area contributed by atoms with Crippen LogP contribution in [0.4, 0.5) is 23.3 Å². The topological polar surface area (TPSA) is 98.3 Å². The average molecular weight is 413 g/mol. The van der Waals surface area contributed by atoms with Gasteiger partial charge in [-0.15, -0.1) is 0 Å². The Morgan fingerprint density at radius 3 is 1.84 bits per heavy atom. The molecule has 1 heterocycles. The fraction of sp³-hybridized carbons (Fsp3) is 0.0435. The first-order valence-corrected chi connectivity index (χ1v) is 9.45. The minimum Gasteiger partial charge on any atom is -0.493 e. The van der Waals surface area contributed by atoms with Crippen LogP contribution in [0.5, 0.6) is 17.5 Å². The van der Waals surface area contributed by atoms with Gasteiger partial charge in [-0.05, 0) is 42.5 Å². The molecule has 0 atom stereocenters. The van der Waals surface area contributed by atoms with Crippen molar-refractivity contribution in [1.29, 1.82) is 0 Å². The highest BCUT2D eigenvalue weighted by Gasteiger charge is 2.13. The van der Waals surface area contributed by atoms with Gasteiger partial charge in [0.15, 0.2) is 11.5 Å². The number of nitrogens with one attached hydrogen (secondary N) is 2. The summed E-state index contributed by atoms with van der Waals surface area (Å²) in [6, 6.07) is 23.9. The molecule has 8 nitrogen and oxygen atoms in total. The summed E-state index contributed by atoms with van der Waals surface area (Å²) in [5.74, 6) is 1.37. The lowest BCUT2D eigenvalue weighted by Gasteiger charge is -2.12. The van der Waals surface area contributed by atoms with Crippen LogP contribution in [0.15, 0.2) is 78.9 Å². The highest BCUT2D eigenvalue weighted by atomic mass is 16.5. The Balaban J connectivity index is 1.68. The third-order valence-corrected chi connectivity index (χ3v) is 4.20. The number of hydrogen-bond donors (Lipinski definition) is 2. The minimum atomic E-state index is 0.0593. The molecule has 8 heteroatoms. The number of carbonyl (C=O) groups excluding carboxylic acids is 1. The van der Waals surface area contributed by atoms with Crippen molar-refractivity contribution in [2.24, 2.45) is 0 Å². The van der Waals surface area contributed by atoms with E-state index in [4.69, 9.17) is 9.47 Å². The van der Waals surface area contributed by atoms with Crippen LogP contribution in [0.2, 0.25) is 0 Å². The van der Waals surface area contributed by atoms with Crippen LogP contribution in [0, 0.1) is 0 Å².